The number of aliphatic hydroxyl groups is 1. The predicted octanol–water partition coefficient (Wildman–Crippen LogP) is 7.01. The molecule has 13 nitrogen and oxygen atoms in total. The van der Waals surface area contributed by atoms with Crippen molar-refractivity contribution in [1.82, 2.24) is 4.90 Å². The number of allylic oxidation sites excluding steroid dienone is 3. The molecule has 0 aromatic heterocycles. The molecule has 0 aromatic rings. The molecule has 9 atom stereocenters. The number of hydrogen-bond acceptors (Lipinski definition) is 12. The number of amides is 1. The van der Waals surface area contributed by atoms with E-state index in [2.05, 4.69) is 11.7 Å². The summed E-state index contributed by atoms with van der Waals surface area (Å²) in [5.74, 6) is -2.40. The molecule has 53 heavy (non-hydrogen) atoms. The second-order valence-electron chi connectivity index (χ2n) is 17.1. The summed E-state index contributed by atoms with van der Waals surface area (Å²) in [6.07, 6.45) is 0.633. The summed E-state index contributed by atoms with van der Waals surface area (Å²) in [4.78, 5) is 62.2. The second-order valence-corrected chi connectivity index (χ2v) is 17.6. The van der Waals surface area contributed by atoms with Gasteiger partial charge in [0.1, 0.15) is 28.6 Å². The van der Waals surface area contributed by atoms with Crippen molar-refractivity contribution in [3.63, 3.8) is 0 Å². The summed E-state index contributed by atoms with van der Waals surface area (Å²) in [6.45, 7) is 22.7. The first-order valence-electron chi connectivity index (χ1n) is 18.1. The lowest BCUT2D eigenvalue weighted by molar-refractivity contribution is -0.233. The van der Waals surface area contributed by atoms with Gasteiger partial charge in [-0.1, -0.05) is 67.4 Å². The number of carbonyl (C=O) groups is 4. The van der Waals surface area contributed by atoms with Crippen molar-refractivity contribution in [3.05, 3.63) is 46.6 Å². The second kappa shape index (κ2) is 13.8. The van der Waals surface area contributed by atoms with E-state index in [-0.39, 0.29) is 16.7 Å². The Morgan fingerprint density at radius 2 is 1.68 bits per heavy atom. The Bertz CT molecular complexity index is 1700. The first kappa shape index (κ1) is 40.3. The molecule has 292 valence electrons. The molecule has 3 aliphatic carbocycles. The molecule has 1 saturated heterocycles. The van der Waals surface area contributed by atoms with Gasteiger partial charge >= 0.3 is 24.2 Å². The lowest BCUT2D eigenvalue weighted by Crippen LogP contribution is -2.68. The number of oxime groups is 1. The van der Waals surface area contributed by atoms with Gasteiger partial charge in [-0.05, 0) is 79.7 Å². The number of carbonyl (C=O) groups excluding carboxylic acids is 4. The first-order chi connectivity index (χ1) is 24.3. The topological polar surface area (TPSA) is 159 Å². The molecule has 2 heterocycles. The molecule has 0 bridgehead atoms. The van der Waals surface area contributed by atoms with Crippen LogP contribution in [0.5, 0.6) is 0 Å². The van der Waals surface area contributed by atoms with Gasteiger partial charge in [-0.15, -0.1) is 0 Å². The van der Waals surface area contributed by atoms with Gasteiger partial charge in [0.25, 0.3) is 0 Å². The fraction of sp³-hybridized carbons (Fsp3) is 0.667. The van der Waals surface area contributed by atoms with E-state index < -0.39 is 88.8 Å². The summed E-state index contributed by atoms with van der Waals surface area (Å²) in [5, 5.41) is 17.4. The number of nitrogens with zero attached hydrogens (tertiary/aromatic N) is 2. The van der Waals surface area contributed by atoms with E-state index in [1.54, 1.807) is 60.6 Å². The number of hydrogen-bond donors (Lipinski definition) is 1. The van der Waals surface area contributed by atoms with Gasteiger partial charge < -0.3 is 33.6 Å². The minimum Gasteiger partial charge on any atom is -0.454 e. The van der Waals surface area contributed by atoms with Crippen LogP contribution in [0.3, 0.4) is 0 Å². The van der Waals surface area contributed by atoms with Crippen LogP contribution in [0.15, 0.2) is 51.7 Å². The Morgan fingerprint density at radius 3 is 2.26 bits per heavy atom. The molecule has 5 rings (SSSR count). The van der Waals surface area contributed by atoms with E-state index in [1.807, 2.05) is 26.8 Å². The van der Waals surface area contributed by atoms with Gasteiger partial charge in [-0.3, -0.25) is 9.69 Å². The van der Waals surface area contributed by atoms with Crippen molar-refractivity contribution in [2.24, 2.45) is 22.4 Å². The summed E-state index contributed by atoms with van der Waals surface area (Å²) in [6, 6.07) is -1.54. The van der Waals surface area contributed by atoms with Gasteiger partial charge in [0.05, 0.1) is 5.03 Å². The van der Waals surface area contributed by atoms with Crippen molar-refractivity contribution in [1.29, 1.82) is 0 Å². The largest absolute Gasteiger partial charge is 0.509 e. The molecule has 14 heteroatoms. The van der Waals surface area contributed by atoms with Gasteiger partial charge in [0.2, 0.25) is 11.8 Å². The zero-order chi connectivity index (χ0) is 39.6. The smallest absolute Gasteiger partial charge is 0.454 e. The Morgan fingerprint density at radius 1 is 1.04 bits per heavy atom. The molecule has 2 aliphatic heterocycles. The number of esters is 2. The number of halogens is 1. The van der Waals surface area contributed by atoms with Gasteiger partial charge in [-0.25, -0.2) is 14.4 Å². The quantitative estimate of drug-likeness (QED) is 0.174. The van der Waals surface area contributed by atoms with E-state index >= 15 is 0 Å². The zero-order valence-electron chi connectivity index (χ0n) is 32.5. The van der Waals surface area contributed by atoms with E-state index in [1.165, 1.54) is 6.92 Å². The highest BCUT2D eigenvalue weighted by Crippen LogP contribution is 2.58. The monoisotopic (exact) mass is 760 g/mol. The maximum absolute atomic E-state index is 14.9. The normalized spacial score (nSPS) is 35.0. The van der Waals surface area contributed by atoms with Crippen molar-refractivity contribution < 1.29 is 52.8 Å². The average molecular weight is 761 g/mol. The van der Waals surface area contributed by atoms with Crippen LogP contribution >= 0.6 is 11.6 Å². The molecular weight excluding hydrogens is 708 g/mol. The zero-order valence-corrected chi connectivity index (χ0v) is 33.3. The highest BCUT2D eigenvalue weighted by Gasteiger charge is 2.69. The summed E-state index contributed by atoms with van der Waals surface area (Å²) < 4.78 is 29.7. The van der Waals surface area contributed by atoms with E-state index in [9.17, 15) is 24.3 Å². The van der Waals surface area contributed by atoms with E-state index in [0.717, 1.165) is 11.3 Å². The molecule has 5 aliphatic rings. The van der Waals surface area contributed by atoms with E-state index in [4.69, 9.17) is 40.1 Å². The molecule has 0 radical (unpaired) electrons. The highest BCUT2D eigenvalue weighted by atomic mass is 35.5. The Hall–Kier alpha value is -3.84. The summed E-state index contributed by atoms with van der Waals surface area (Å²) >= 11 is 6.66. The predicted molar refractivity (Wildman–Crippen MR) is 194 cm³/mol. The maximum atomic E-state index is 14.9. The van der Waals surface area contributed by atoms with Gasteiger partial charge in [0, 0.05) is 30.3 Å². The molecule has 1 unspecified atom stereocenters. The molecule has 2 fully saturated rings. The molecule has 1 amide bonds. The Kier molecular flexibility index (Phi) is 10.5. The average Bonchev–Trinajstić information content (AvgIpc) is 3.34. The first-order valence-corrected chi connectivity index (χ1v) is 18.4. The molecule has 1 N–H and O–H groups in total. The van der Waals surface area contributed by atoms with Crippen LogP contribution in [-0.2, 0) is 38.1 Å². The molecular formula is C39H53ClN2O11. The third-order valence-corrected chi connectivity index (χ3v) is 11.1. The summed E-state index contributed by atoms with van der Waals surface area (Å²) in [5.41, 5.74) is -4.92. The van der Waals surface area contributed by atoms with Crippen LogP contribution in [0.4, 0.5) is 9.59 Å². The van der Waals surface area contributed by atoms with Crippen LogP contribution in [0.2, 0.25) is 0 Å². The van der Waals surface area contributed by atoms with Crippen molar-refractivity contribution in [2.75, 3.05) is 0 Å². The number of fused-ring (bicyclic) bond motifs is 4. The lowest BCUT2D eigenvalue weighted by atomic mass is 9.52. The number of ether oxygens (including phenoxy) is 5. The SMILES string of the molecule is C=C(C)[C@@]1(C)CCC[C@H]2C=C(C)[C@@H](OC(C)=O)[C@H](OC(=O)[C@@H]3C[C@@]4(OC(=O)OC(C)(C)C)C5=CC(C)C=C(Cl)C5=NO[C@H]4N3C(=O)OC(C)(C)C)[C@@]21O. The third-order valence-electron chi connectivity index (χ3n) is 10.8. The number of likely N-dealkylation sites (tertiary alicyclic amines) is 1. The van der Waals surface area contributed by atoms with Crippen molar-refractivity contribution >= 4 is 41.5 Å². The van der Waals surface area contributed by atoms with Crippen LogP contribution < -0.4 is 0 Å². The minimum absolute atomic E-state index is 0.155. The van der Waals surface area contributed by atoms with Crippen LogP contribution in [0, 0.1) is 17.3 Å². The highest BCUT2D eigenvalue weighted by molar-refractivity contribution is 6.47. The fourth-order valence-corrected chi connectivity index (χ4v) is 8.62. The summed E-state index contributed by atoms with van der Waals surface area (Å²) in [7, 11) is 0. The molecule has 1 saturated carbocycles. The van der Waals surface area contributed by atoms with E-state index in [0.29, 0.717) is 29.6 Å². The third kappa shape index (κ3) is 7.23. The van der Waals surface area contributed by atoms with Gasteiger partial charge in [0.15, 0.2) is 12.2 Å². The maximum Gasteiger partial charge on any atom is 0.509 e. The number of rotatable bonds is 5. The van der Waals surface area contributed by atoms with Crippen molar-refractivity contribution in [2.45, 2.75) is 149 Å². The van der Waals surface area contributed by atoms with Crippen LogP contribution in [-0.4, -0.2) is 86.8 Å². The Balaban J connectivity index is 1.66. The molecule has 0 spiro atoms. The van der Waals surface area contributed by atoms with Gasteiger partial charge in [-0.2, -0.15) is 0 Å². The van der Waals surface area contributed by atoms with Crippen LogP contribution in [0.25, 0.3) is 0 Å². The minimum atomic E-state index is -1.89. The fourth-order valence-electron chi connectivity index (χ4n) is 8.29. The van der Waals surface area contributed by atoms with Crippen molar-refractivity contribution in [3.8, 4) is 0 Å². The Labute approximate surface area is 316 Å². The standard InChI is InChI=1S/C39H53ClN2O11/c1-20(2)37(12)15-13-14-24-18-22(4)29(48-23(5)43)30(39(24,37)47)49-31(44)27-19-38(52-34(46)51-36(9,10)11)25-16-21(3)17-26(40)28(25)41-53-32(38)42(27)33(45)50-35(6,7)8/h16-18,21,24,27,29-30,32,47H,1,13-15,19H2,2-12H3/t21?,24-,27-,29+,30-,32+,37+,38+,39-/m0/s1. The van der Waals surface area contributed by atoms with Crippen LogP contribution in [0.1, 0.15) is 102 Å². The lowest BCUT2D eigenvalue weighted by Gasteiger charge is -2.58. The molecule has 0 aromatic carbocycles.